The van der Waals surface area contributed by atoms with Crippen LogP contribution in [-0.2, 0) is 0 Å². The number of guanidine groups is 2. The van der Waals surface area contributed by atoms with Gasteiger partial charge in [-0.2, -0.15) is 0 Å². The summed E-state index contributed by atoms with van der Waals surface area (Å²) in [5, 5.41) is 22.6. The number of rotatable bonds is 21. The number of thioether (sulfide) groups is 1. The molecule has 218 valence electrons. The number of aliphatic hydroxyl groups is 1. The second-order valence-corrected chi connectivity index (χ2v) is 12.0. The van der Waals surface area contributed by atoms with Gasteiger partial charge in [-0.3, -0.25) is 15.0 Å². The molecule has 0 spiro atoms. The molecule has 1 saturated heterocycles. The molecule has 1 fully saturated rings. The lowest BCUT2D eigenvalue weighted by atomic mass is 9.99. The van der Waals surface area contributed by atoms with Gasteiger partial charge in [-0.15, -0.1) is 18.3 Å². The van der Waals surface area contributed by atoms with Crippen LogP contribution in [0.2, 0.25) is 0 Å². The SMILES string of the molecule is C=CCCCCCCCCCC[C@@]1(O)[C@H](SCCNC(=N)N)CC2=[N+](CCCCCN=C(N)N)CCCN21. The zero-order valence-corrected chi connectivity index (χ0v) is 24.5. The molecule has 0 aliphatic carbocycles. The van der Waals surface area contributed by atoms with Crippen molar-refractivity contribution in [3.05, 3.63) is 12.7 Å². The number of unbranched alkanes of at least 4 members (excludes halogenated alkanes) is 10. The predicted octanol–water partition coefficient (Wildman–Crippen LogP) is 3.31. The van der Waals surface area contributed by atoms with E-state index in [1.165, 1.54) is 50.8 Å². The van der Waals surface area contributed by atoms with Crippen molar-refractivity contribution in [3.8, 4) is 0 Å². The Kier molecular flexibility index (Phi) is 15.6. The second-order valence-electron chi connectivity index (χ2n) is 10.7. The van der Waals surface area contributed by atoms with E-state index in [2.05, 4.69) is 26.4 Å². The Morgan fingerprint density at radius 2 is 1.79 bits per heavy atom. The highest BCUT2D eigenvalue weighted by atomic mass is 32.2. The van der Waals surface area contributed by atoms with Crippen LogP contribution in [0.25, 0.3) is 0 Å². The van der Waals surface area contributed by atoms with Crippen molar-refractivity contribution in [2.45, 2.75) is 107 Å². The maximum absolute atomic E-state index is 12.1. The van der Waals surface area contributed by atoms with E-state index in [-0.39, 0.29) is 17.2 Å². The number of fused-ring (bicyclic) bond motifs is 1. The van der Waals surface area contributed by atoms with E-state index in [0.717, 1.165) is 76.8 Å². The van der Waals surface area contributed by atoms with Crippen molar-refractivity contribution in [1.29, 1.82) is 5.41 Å². The number of nitrogens with two attached hydrogens (primary N) is 3. The van der Waals surface area contributed by atoms with Crippen LogP contribution >= 0.6 is 11.8 Å². The topological polar surface area (TPSA) is 153 Å². The van der Waals surface area contributed by atoms with Crippen LogP contribution < -0.4 is 22.5 Å². The molecular weight excluding hydrogens is 496 g/mol. The normalized spacial score (nSPS) is 20.9. The van der Waals surface area contributed by atoms with Crippen molar-refractivity contribution in [3.63, 3.8) is 0 Å². The third-order valence-electron chi connectivity index (χ3n) is 7.66. The molecule has 0 aromatic carbocycles. The lowest BCUT2D eigenvalue weighted by Crippen LogP contribution is -2.54. The first-order chi connectivity index (χ1) is 18.4. The lowest BCUT2D eigenvalue weighted by molar-refractivity contribution is -0.540. The Balaban J connectivity index is 1.90. The Morgan fingerprint density at radius 1 is 1.11 bits per heavy atom. The molecule has 2 atom stereocenters. The smallest absolute Gasteiger partial charge is 0.250 e. The minimum atomic E-state index is -0.799. The van der Waals surface area contributed by atoms with E-state index < -0.39 is 5.72 Å². The zero-order valence-electron chi connectivity index (χ0n) is 23.6. The van der Waals surface area contributed by atoms with Gasteiger partial charge in [0.15, 0.2) is 11.9 Å². The van der Waals surface area contributed by atoms with Crippen LogP contribution in [0, 0.1) is 5.41 Å². The summed E-state index contributed by atoms with van der Waals surface area (Å²) in [6.45, 7) is 8.14. The van der Waals surface area contributed by atoms with Gasteiger partial charge >= 0.3 is 0 Å². The predicted molar refractivity (Wildman–Crippen MR) is 163 cm³/mol. The number of hydrogen-bond donors (Lipinski definition) is 6. The highest BCUT2D eigenvalue weighted by Gasteiger charge is 2.57. The van der Waals surface area contributed by atoms with Gasteiger partial charge in [0, 0.05) is 31.7 Å². The minimum absolute atomic E-state index is 0.00537. The molecule has 9 N–H and O–H groups in total. The number of aliphatic imine (C=N–C) groups is 1. The van der Waals surface area contributed by atoms with Crippen molar-refractivity contribution >= 4 is 29.5 Å². The average Bonchev–Trinajstić information content (AvgIpc) is 3.17. The Morgan fingerprint density at radius 3 is 2.47 bits per heavy atom. The maximum Gasteiger partial charge on any atom is 0.250 e. The van der Waals surface area contributed by atoms with Crippen molar-refractivity contribution in [2.24, 2.45) is 22.2 Å². The van der Waals surface area contributed by atoms with Crippen LogP contribution in [0.5, 0.6) is 0 Å². The number of allylic oxidation sites excluding steroid dienone is 1. The molecule has 0 aromatic heterocycles. The van der Waals surface area contributed by atoms with E-state index in [1.807, 2.05) is 17.8 Å². The summed E-state index contributed by atoms with van der Waals surface area (Å²) >= 11 is 1.82. The van der Waals surface area contributed by atoms with Gasteiger partial charge in [-0.1, -0.05) is 44.6 Å². The molecule has 38 heavy (non-hydrogen) atoms. The highest BCUT2D eigenvalue weighted by molar-refractivity contribution is 8.00. The molecule has 2 aliphatic rings. The molecule has 0 aromatic rings. The minimum Gasteiger partial charge on any atom is -0.370 e. The summed E-state index contributed by atoms with van der Waals surface area (Å²) in [6.07, 6.45) is 19.1. The number of nitrogens with one attached hydrogen (secondary N) is 2. The Hall–Kier alpha value is -1.94. The maximum atomic E-state index is 12.1. The molecule has 9 nitrogen and oxygen atoms in total. The van der Waals surface area contributed by atoms with E-state index >= 15 is 0 Å². The quantitative estimate of drug-likeness (QED) is 0.0421. The van der Waals surface area contributed by atoms with Crippen molar-refractivity contribution in [2.75, 3.05) is 38.5 Å². The first-order valence-electron chi connectivity index (χ1n) is 14.8. The molecule has 0 radical (unpaired) electrons. The van der Waals surface area contributed by atoms with Crippen LogP contribution in [0.15, 0.2) is 17.6 Å². The van der Waals surface area contributed by atoms with E-state index in [0.29, 0.717) is 13.1 Å². The Labute approximate surface area is 235 Å². The summed E-state index contributed by atoms with van der Waals surface area (Å²) in [5.74, 6) is 2.31. The third-order valence-corrected chi connectivity index (χ3v) is 9.04. The summed E-state index contributed by atoms with van der Waals surface area (Å²) in [4.78, 5) is 6.42. The van der Waals surface area contributed by atoms with E-state index in [1.54, 1.807) is 0 Å². The van der Waals surface area contributed by atoms with Gasteiger partial charge in [-0.05, 0) is 38.5 Å². The Bertz CT molecular complexity index is 770. The van der Waals surface area contributed by atoms with E-state index in [4.69, 9.17) is 22.6 Å². The summed E-state index contributed by atoms with van der Waals surface area (Å²) in [5.41, 5.74) is 15.5. The fraction of sp³-hybridized carbons (Fsp3) is 0.821. The first-order valence-corrected chi connectivity index (χ1v) is 15.9. The average molecular weight is 552 g/mol. The van der Waals surface area contributed by atoms with E-state index in [9.17, 15) is 5.11 Å². The van der Waals surface area contributed by atoms with Crippen LogP contribution in [0.3, 0.4) is 0 Å². The van der Waals surface area contributed by atoms with Crippen molar-refractivity contribution in [1.82, 2.24) is 10.2 Å². The van der Waals surface area contributed by atoms with Gasteiger partial charge in [0.1, 0.15) is 0 Å². The molecule has 0 unspecified atom stereocenters. The monoisotopic (exact) mass is 551 g/mol. The summed E-state index contributed by atoms with van der Waals surface area (Å²) in [6, 6.07) is 0. The van der Waals surface area contributed by atoms with Crippen LogP contribution in [-0.4, -0.2) is 81.8 Å². The van der Waals surface area contributed by atoms with Crippen LogP contribution in [0.1, 0.15) is 96.3 Å². The molecule has 2 rings (SSSR count). The summed E-state index contributed by atoms with van der Waals surface area (Å²) in [7, 11) is 0. The highest BCUT2D eigenvalue weighted by Crippen LogP contribution is 2.41. The number of amidine groups is 1. The number of nitrogens with zero attached hydrogens (tertiary/aromatic N) is 3. The molecule has 10 heteroatoms. The van der Waals surface area contributed by atoms with Gasteiger partial charge in [0.05, 0.1) is 31.3 Å². The van der Waals surface area contributed by atoms with Gasteiger partial charge in [-0.25, -0.2) is 4.90 Å². The number of hydrogen-bond acceptors (Lipinski definition) is 5. The van der Waals surface area contributed by atoms with Gasteiger partial charge in [0.2, 0.25) is 5.72 Å². The second kappa shape index (κ2) is 18.4. The van der Waals surface area contributed by atoms with Gasteiger partial charge in [0.25, 0.3) is 5.84 Å². The molecule has 2 aliphatic heterocycles. The molecule has 0 saturated carbocycles. The molecule has 0 bridgehead atoms. The standard InChI is InChI=1S/C28H55N8OS/c1-2-3-4-5-6-7-8-9-10-12-16-28(37)24(38-22-18-34-27(31)32)23-25-35(20-15-21-36(25)28)19-14-11-13-17-33-26(29)30/h2,24,37H,1,3-23H2,(H4,29,30,33)(H4,31,32,34)/q+1/t24-,28-/m1/s1. The lowest BCUT2D eigenvalue weighted by Gasteiger charge is -2.35. The zero-order chi connectivity index (χ0) is 27.6. The van der Waals surface area contributed by atoms with Crippen molar-refractivity contribution < 1.29 is 9.68 Å². The van der Waals surface area contributed by atoms with Gasteiger partial charge < -0.3 is 27.6 Å². The molecule has 2 heterocycles. The summed E-state index contributed by atoms with van der Waals surface area (Å²) < 4.78 is 2.51. The largest absolute Gasteiger partial charge is 0.370 e. The molecule has 0 amide bonds. The fourth-order valence-corrected chi connectivity index (χ4v) is 6.94. The first kappa shape index (κ1) is 32.3. The van der Waals surface area contributed by atoms with Crippen LogP contribution in [0.4, 0.5) is 0 Å². The fourth-order valence-electron chi connectivity index (χ4n) is 5.66. The third kappa shape index (κ3) is 11.4. The molecular formula is C28H55N8OS+.